The van der Waals surface area contributed by atoms with Gasteiger partial charge in [-0.3, -0.25) is 0 Å². The van der Waals surface area contributed by atoms with Gasteiger partial charge in [0.1, 0.15) is 0 Å². The molecule has 4 nitrogen and oxygen atoms in total. The molecule has 0 atom stereocenters. The molecule has 17 heavy (non-hydrogen) atoms. The molecule has 2 amide bonds. The second kappa shape index (κ2) is 6.02. The van der Waals surface area contributed by atoms with Gasteiger partial charge in [0.15, 0.2) is 0 Å². The van der Waals surface area contributed by atoms with E-state index in [1.54, 1.807) is 11.3 Å². The molecule has 0 aliphatic carbocycles. The second-order valence-corrected chi connectivity index (χ2v) is 5.38. The first-order chi connectivity index (χ1) is 8.25. The number of thiophene rings is 1. The molecule has 0 spiro atoms. The van der Waals surface area contributed by atoms with Crippen LogP contribution < -0.4 is 5.32 Å². The van der Waals surface area contributed by atoms with E-state index in [0.29, 0.717) is 0 Å². The van der Waals surface area contributed by atoms with E-state index in [0.717, 1.165) is 39.1 Å². The summed E-state index contributed by atoms with van der Waals surface area (Å²) < 4.78 is 0. The second-order valence-electron chi connectivity index (χ2n) is 4.35. The van der Waals surface area contributed by atoms with Gasteiger partial charge in [-0.1, -0.05) is 6.07 Å². The highest BCUT2D eigenvalue weighted by Crippen LogP contribution is 2.08. The topological polar surface area (TPSA) is 35.6 Å². The Morgan fingerprint density at radius 1 is 1.41 bits per heavy atom. The van der Waals surface area contributed by atoms with E-state index in [9.17, 15) is 4.79 Å². The highest BCUT2D eigenvalue weighted by molar-refractivity contribution is 7.09. The van der Waals surface area contributed by atoms with Crippen molar-refractivity contribution in [1.29, 1.82) is 0 Å². The van der Waals surface area contributed by atoms with Crippen LogP contribution in [0.3, 0.4) is 0 Å². The summed E-state index contributed by atoms with van der Waals surface area (Å²) in [6, 6.07) is 4.23. The van der Waals surface area contributed by atoms with E-state index in [2.05, 4.69) is 28.7 Å². The molecule has 1 N–H and O–H groups in total. The normalized spacial score (nSPS) is 17.1. The molecule has 94 valence electrons. The Hall–Kier alpha value is -1.07. The van der Waals surface area contributed by atoms with E-state index in [1.165, 1.54) is 4.88 Å². The quantitative estimate of drug-likeness (QED) is 0.880. The fraction of sp³-hybridized carbons (Fsp3) is 0.583. The van der Waals surface area contributed by atoms with Gasteiger partial charge >= 0.3 is 6.03 Å². The van der Waals surface area contributed by atoms with Crippen molar-refractivity contribution in [1.82, 2.24) is 15.1 Å². The molecule has 2 rings (SSSR count). The number of hydrogen-bond acceptors (Lipinski definition) is 3. The summed E-state index contributed by atoms with van der Waals surface area (Å²) in [5.74, 6) is 0. The summed E-state index contributed by atoms with van der Waals surface area (Å²) in [4.78, 5) is 17.3. The number of carbonyl (C=O) groups excluding carboxylic acids is 1. The maximum absolute atomic E-state index is 11.8. The van der Waals surface area contributed by atoms with Gasteiger partial charge < -0.3 is 15.1 Å². The Morgan fingerprint density at radius 3 is 2.82 bits per heavy atom. The van der Waals surface area contributed by atoms with Crippen molar-refractivity contribution in [3.63, 3.8) is 0 Å². The summed E-state index contributed by atoms with van der Waals surface area (Å²) in [7, 11) is 2.09. The maximum atomic E-state index is 11.8. The van der Waals surface area contributed by atoms with Crippen molar-refractivity contribution in [3.05, 3.63) is 22.4 Å². The average Bonchev–Trinajstić information content (AvgIpc) is 2.83. The first-order valence-electron chi connectivity index (χ1n) is 5.99. The van der Waals surface area contributed by atoms with Crippen molar-refractivity contribution >= 4 is 17.4 Å². The van der Waals surface area contributed by atoms with Crippen molar-refractivity contribution < 1.29 is 4.79 Å². The van der Waals surface area contributed by atoms with Gasteiger partial charge in [0.05, 0.1) is 0 Å². The number of piperazine rings is 1. The first-order valence-corrected chi connectivity index (χ1v) is 6.87. The van der Waals surface area contributed by atoms with Crippen LogP contribution in [0, 0.1) is 0 Å². The summed E-state index contributed by atoms with van der Waals surface area (Å²) in [6.45, 7) is 4.34. The van der Waals surface area contributed by atoms with Crippen LogP contribution in [0.4, 0.5) is 4.79 Å². The van der Waals surface area contributed by atoms with Gasteiger partial charge in [-0.05, 0) is 24.9 Å². The molecule has 0 aromatic carbocycles. The highest BCUT2D eigenvalue weighted by Gasteiger charge is 2.18. The monoisotopic (exact) mass is 253 g/mol. The predicted octanol–water partition coefficient (Wildman–Crippen LogP) is 1.25. The van der Waals surface area contributed by atoms with Crippen molar-refractivity contribution in [2.75, 3.05) is 39.8 Å². The molecule has 0 saturated carbocycles. The number of likely N-dealkylation sites (N-methyl/N-ethyl adjacent to an activating group) is 1. The Balaban J connectivity index is 1.67. The van der Waals surface area contributed by atoms with E-state index in [1.807, 2.05) is 11.0 Å². The zero-order valence-corrected chi connectivity index (χ0v) is 11.0. The molecule has 1 aromatic heterocycles. The number of hydrogen-bond donors (Lipinski definition) is 1. The third kappa shape index (κ3) is 3.71. The number of nitrogens with one attached hydrogen (secondary N) is 1. The number of amides is 2. The molecule has 1 aliphatic rings. The molecule has 0 radical (unpaired) electrons. The third-order valence-corrected chi connectivity index (χ3v) is 3.95. The predicted molar refractivity (Wildman–Crippen MR) is 70.5 cm³/mol. The van der Waals surface area contributed by atoms with Crippen LogP contribution in [-0.4, -0.2) is 55.6 Å². The van der Waals surface area contributed by atoms with Gasteiger partial charge in [0.2, 0.25) is 0 Å². The minimum atomic E-state index is 0.0784. The average molecular weight is 253 g/mol. The largest absolute Gasteiger partial charge is 0.338 e. The van der Waals surface area contributed by atoms with E-state index in [4.69, 9.17) is 0 Å². The van der Waals surface area contributed by atoms with Crippen LogP contribution in [0.2, 0.25) is 0 Å². The van der Waals surface area contributed by atoms with Crippen molar-refractivity contribution in [2.24, 2.45) is 0 Å². The van der Waals surface area contributed by atoms with Gasteiger partial charge in [0, 0.05) is 37.6 Å². The summed E-state index contributed by atoms with van der Waals surface area (Å²) in [6.07, 6.45) is 0.928. The highest BCUT2D eigenvalue weighted by atomic mass is 32.1. The lowest BCUT2D eigenvalue weighted by molar-refractivity contribution is 0.154. The first kappa shape index (κ1) is 12.4. The minimum absolute atomic E-state index is 0.0784. The molecule has 1 saturated heterocycles. The van der Waals surface area contributed by atoms with E-state index < -0.39 is 0 Å². The van der Waals surface area contributed by atoms with Crippen LogP contribution in [-0.2, 0) is 6.42 Å². The molecular weight excluding hydrogens is 234 g/mol. The van der Waals surface area contributed by atoms with Gasteiger partial charge in [-0.2, -0.15) is 0 Å². The fourth-order valence-corrected chi connectivity index (χ4v) is 2.58. The Kier molecular flexibility index (Phi) is 4.39. The van der Waals surface area contributed by atoms with Crippen LogP contribution in [0.15, 0.2) is 17.5 Å². The molecule has 1 aliphatic heterocycles. The third-order valence-electron chi connectivity index (χ3n) is 3.02. The Bertz CT molecular complexity index is 345. The van der Waals surface area contributed by atoms with E-state index >= 15 is 0 Å². The zero-order chi connectivity index (χ0) is 12.1. The molecule has 5 heteroatoms. The van der Waals surface area contributed by atoms with Gasteiger partial charge in [-0.15, -0.1) is 11.3 Å². The van der Waals surface area contributed by atoms with Gasteiger partial charge in [-0.25, -0.2) is 4.79 Å². The van der Waals surface area contributed by atoms with Crippen molar-refractivity contribution in [3.8, 4) is 0 Å². The zero-order valence-electron chi connectivity index (χ0n) is 10.2. The lowest BCUT2D eigenvalue weighted by Crippen LogP contribution is -2.50. The van der Waals surface area contributed by atoms with Crippen LogP contribution >= 0.6 is 11.3 Å². The van der Waals surface area contributed by atoms with Crippen LogP contribution in [0.5, 0.6) is 0 Å². The SMILES string of the molecule is CN1CCN(C(=O)NCCc2cccs2)CC1. The lowest BCUT2D eigenvalue weighted by Gasteiger charge is -2.32. The van der Waals surface area contributed by atoms with Crippen LogP contribution in [0.1, 0.15) is 4.88 Å². The summed E-state index contributed by atoms with van der Waals surface area (Å²) in [5, 5.41) is 5.05. The van der Waals surface area contributed by atoms with Crippen LogP contribution in [0.25, 0.3) is 0 Å². The smallest absolute Gasteiger partial charge is 0.317 e. The molecule has 1 fully saturated rings. The standard InChI is InChI=1S/C12H19N3OS/c1-14-6-8-15(9-7-14)12(16)13-5-4-11-3-2-10-17-11/h2-3,10H,4-9H2,1H3,(H,13,16). The van der Waals surface area contributed by atoms with Crippen molar-refractivity contribution in [2.45, 2.75) is 6.42 Å². The Labute approximate surface area is 106 Å². The molecule has 1 aromatic rings. The molecule has 0 unspecified atom stereocenters. The fourth-order valence-electron chi connectivity index (χ4n) is 1.87. The van der Waals surface area contributed by atoms with Gasteiger partial charge in [0.25, 0.3) is 0 Å². The summed E-state index contributed by atoms with van der Waals surface area (Å²) in [5.41, 5.74) is 0. The number of carbonyl (C=O) groups is 1. The lowest BCUT2D eigenvalue weighted by atomic mass is 10.3. The number of urea groups is 1. The minimum Gasteiger partial charge on any atom is -0.338 e. The number of rotatable bonds is 3. The molecule has 2 heterocycles. The maximum Gasteiger partial charge on any atom is 0.317 e. The van der Waals surface area contributed by atoms with E-state index in [-0.39, 0.29) is 6.03 Å². The molecule has 0 bridgehead atoms. The summed E-state index contributed by atoms with van der Waals surface area (Å²) >= 11 is 1.74. The molecular formula is C12H19N3OS. The Morgan fingerprint density at radius 2 is 2.18 bits per heavy atom. The number of nitrogens with zero attached hydrogens (tertiary/aromatic N) is 2.